The summed E-state index contributed by atoms with van der Waals surface area (Å²) in [4.78, 5) is 24.5. The molecule has 116 valence electrons. The van der Waals surface area contributed by atoms with E-state index in [0.29, 0.717) is 0 Å². The van der Waals surface area contributed by atoms with Crippen molar-refractivity contribution in [2.75, 3.05) is 5.32 Å². The van der Waals surface area contributed by atoms with Crippen molar-refractivity contribution < 1.29 is 4.79 Å². The number of rotatable bonds is 3. The van der Waals surface area contributed by atoms with Crippen LogP contribution >= 0.6 is 0 Å². The number of hydrogen-bond donors (Lipinski definition) is 1. The number of nitrogens with one attached hydrogen (secondary N) is 1. The fourth-order valence-electron chi connectivity index (χ4n) is 2.82. The molecule has 1 heterocycles. The highest BCUT2D eigenvalue weighted by atomic mass is 16.2. The van der Waals surface area contributed by atoms with E-state index in [1.165, 1.54) is 10.6 Å². The van der Waals surface area contributed by atoms with Gasteiger partial charge in [0.2, 0.25) is 5.91 Å². The van der Waals surface area contributed by atoms with Gasteiger partial charge in [0.1, 0.15) is 6.04 Å². The van der Waals surface area contributed by atoms with Crippen LogP contribution in [0.3, 0.4) is 0 Å². The first-order valence-corrected chi connectivity index (χ1v) is 7.38. The molecule has 1 unspecified atom stereocenters. The first kappa shape index (κ1) is 16.0. The minimum Gasteiger partial charge on any atom is -0.324 e. The van der Waals surface area contributed by atoms with Crippen LogP contribution in [0.15, 0.2) is 35.1 Å². The van der Waals surface area contributed by atoms with Gasteiger partial charge in [-0.1, -0.05) is 23.8 Å². The van der Waals surface area contributed by atoms with Crippen molar-refractivity contribution in [1.29, 1.82) is 0 Å². The monoisotopic (exact) mass is 298 g/mol. The predicted octanol–water partition coefficient (Wildman–Crippen LogP) is 3.28. The highest BCUT2D eigenvalue weighted by Crippen LogP contribution is 2.23. The largest absolute Gasteiger partial charge is 0.324 e. The molecule has 0 saturated carbocycles. The number of aryl methyl sites for hydroxylation is 4. The predicted molar refractivity (Wildman–Crippen MR) is 89.4 cm³/mol. The lowest BCUT2D eigenvalue weighted by Gasteiger charge is -2.19. The van der Waals surface area contributed by atoms with Gasteiger partial charge in [-0.3, -0.25) is 9.59 Å². The number of hydrogen-bond acceptors (Lipinski definition) is 2. The van der Waals surface area contributed by atoms with Gasteiger partial charge >= 0.3 is 0 Å². The van der Waals surface area contributed by atoms with Crippen LogP contribution in [-0.4, -0.2) is 10.5 Å². The van der Waals surface area contributed by atoms with E-state index in [4.69, 9.17) is 0 Å². The van der Waals surface area contributed by atoms with Crippen molar-refractivity contribution in [3.63, 3.8) is 0 Å². The lowest BCUT2D eigenvalue weighted by Crippen LogP contribution is -2.32. The average molecular weight is 298 g/mol. The zero-order valence-electron chi connectivity index (χ0n) is 13.7. The summed E-state index contributed by atoms with van der Waals surface area (Å²) in [6, 6.07) is 8.51. The molecule has 4 nitrogen and oxygen atoms in total. The lowest BCUT2D eigenvalue weighted by molar-refractivity contribution is -0.118. The molecule has 1 N–H and O–H groups in total. The van der Waals surface area contributed by atoms with E-state index >= 15 is 0 Å². The molecule has 1 aromatic heterocycles. The van der Waals surface area contributed by atoms with Crippen molar-refractivity contribution in [3.05, 3.63) is 63.1 Å². The molecule has 1 amide bonds. The number of amides is 1. The van der Waals surface area contributed by atoms with Gasteiger partial charge in [0.25, 0.3) is 5.56 Å². The van der Waals surface area contributed by atoms with Crippen LogP contribution in [0.1, 0.15) is 35.3 Å². The molecular formula is C18H22N2O2. The molecule has 0 spiro atoms. The third kappa shape index (κ3) is 3.11. The summed E-state index contributed by atoms with van der Waals surface area (Å²) >= 11 is 0. The molecule has 0 aliphatic carbocycles. The van der Waals surface area contributed by atoms with Gasteiger partial charge in [-0.25, -0.2) is 0 Å². The molecular weight excluding hydrogens is 276 g/mol. The SMILES string of the molecule is Cc1cc(C)c(NC(=O)C(C)n2c(C)cccc2=O)c(C)c1. The van der Waals surface area contributed by atoms with Gasteiger partial charge < -0.3 is 9.88 Å². The Bertz CT molecular complexity index is 752. The van der Waals surface area contributed by atoms with E-state index < -0.39 is 6.04 Å². The minimum absolute atomic E-state index is 0.167. The Morgan fingerprint density at radius 3 is 2.23 bits per heavy atom. The van der Waals surface area contributed by atoms with E-state index in [0.717, 1.165) is 28.1 Å². The number of nitrogens with zero attached hydrogens (tertiary/aromatic N) is 1. The smallest absolute Gasteiger partial charge is 0.251 e. The molecule has 0 radical (unpaired) electrons. The molecule has 0 fully saturated rings. The summed E-state index contributed by atoms with van der Waals surface area (Å²) < 4.78 is 1.51. The Morgan fingerprint density at radius 1 is 1.09 bits per heavy atom. The Hall–Kier alpha value is -2.36. The summed E-state index contributed by atoms with van der Waals surface area (Å²) in [5, 5.41) is 2.96. The zero-order chi connectivity index (χ0) is 16.4. The van der Waals surface area contributed by atoms with E-state index in [9.17, 15) is 9.59 Å². The Morgan fingerprint density at radius 2 is 1.68 bits per heavy atom. The number of carbonyl (C=O) groups excluding carboxylic acids is 1. The van der Waals surface area contributed by atoms with E-state index in [1.54, 1.807) is 13.0 Å². The van der Waals surface area contributed by atoms with Crippen LogP contribution in [0.4, 0.5) is 5.69 Å². The van der Waals surface area contributed by atoms with Gasteiger partial charge in [0, 0.05) is 17.4 Å². The van der Waals surface area contributed by atoms with Crippen molar-refractivity contribution in [2.45, 2.75) is 40.7 Å². The number of aromatic nitrogens is 1. The molecule has 22 heavy (non-hydrogen) atoms. The maximum Gasteiger partial charge on any atom is 0.251 e. The molecule has 1 aromatic carbocycles. The second kappa shape index (κ2) is 6.18. The second-order valence-corrected chi connectivity index (χ2v) is 5.81. The molecule has 2 rings (SSSR count). The van der Waals surface area contributed by atoms with Crippen LogP contribution < -0.4 is 10.9 Å². The van der Waals surface area contributed by atoms with Gasteiger partial charge in [0.15, 0.2) is 0 Å². The summed E-state index contributed by atoms with van der Waals surface area (Å²) in [7, 11) is 0. The molecule has 0 bridgehead atoms. The normalized spacial score (nSPS) is 12.0. The summed E-state index contributed by atoms with van der Waals surface area (Å²) in [5.41, 5.74) is 4.64. The fourth-order valence-corrected chi connectivity index (χ4v) is 2.82. The summed E-state index contributed by atoms with van der Waals surface area (Å²) in [5.74, 6) is -0.188. The zero-order valence-corrected chi connectivity index (χ0v) is 13.7. The number of anilines is 1. The lowest BCUT2D eigenvalue weighted by atomic mass is 10.0. The topological polar surface area (TPSA) is 51.1 Å². The first-order chi connectivity index (χ1) is 10.3. The maximum atomic E-state index is 12.5. The van der Waals surface area contributed by atoms with Crippen molar-refractivity contribution in [1.82, 2.24) is 4.57 Å². The standard InChI is InChI=1S/C18H22N2O2/c1-11-9-12(2)17(13(3)10-11)19-18(22)15(5)20-14(4)7-6-8-16(20)21/h6-10,15H,1-5H3,(H,19,22). The molecule has 0 saturated heterocycles. The van der Waals surface area contributed by atoms with Crippen molar-refractivity contribution >= 4 is 11.6 Å². The van der Waals surface area contributed by atoms with Gasteiger partial charge in [0.05, 0.1) is 0 Å². The molecule has 0 aliphatic heterocycles. The van der Waals surface area contributed by atoms with Gasteiger partial charge in [-0.2, -0.15) is 0 Å². The van der Waals surface area contributed by atoms with Crippen LogP contribution in [0, 0.1) is 27.7 Å². The Kier molecular flexibility index (Phi) is 4.50. The molecule has 0 aliphatic rings. The average Bonchev–Trinajstić information content (AvgIpc) is 2.42. The quantitative estimate of drug-likeness (QED) is 0.945. The van der Waals surface area contributed by atoms with Crippen LogP contribution in [0.5, 0.6) is 0 Å². The first-order valence-electron chi connectivity index (χ1n) is 7.38. The van der Waals surface area contributed by atoms with Crippen LogP contribution in [0.25, 0.3) is 0 Å². The maximum absolute atomic E-state index is 12.5. The van der Waals surface area contributed by atoms with Gasteiger partial charge in [-0.05, 0) is 51.8 Å². The third-order valence-electron chi connectivity index (χ3n) is 3.89. The minimum atomic E-state index is -0.561. The van der Waals surface area contributed by atoms with Gasteiger partial charge in [-0.15, -0.1) is 0 Å². The van der Waals surface area contributed by atoms with Crippen LogP contribution in [0.2, 0.25) is 0 Å². The van der Waals surface area contributed by atoms with Crippen molar-refractivity contribution in [2.24, 2.45) is 0 Å². The Labute approximate surface area is 130 Å². The Balaban J connectivity index is 2.32. The number of pyridine rings is 1. The number of benzene rings is 1. The van der Waals surface area contributed by atoms with E-state index in [1.807, 2.05) is 45.9 Å². The highest BCUT2D eigenvalue weighted by Gasteiger charge is 2.19. The van der Waals surface area contributed by atoms with Crippen LogP contribution in [-0.2, 0) is 4.79 Å². The molecule has 4 heteroatoms. The van der Waals surface area contributed by atoms with Crippen molar-refractivity contribution in [3.8, 4) is 0 Å². The molecule has 1 atom stereocenters. The highest BCUT2D eigenvalue weighted by molar-refractivity contribution is 5.95. The third-order valence-corrected chi connectivity index (χ3v) is 3.89. The van der Waals surface area contributed by atoms with E-state index in [-0.39, 0.29) is 11.5 Å². The van der Waals surface area contributed by atoms with E-state index in [2.05, 4.69) is 5.32 Å². The molecule has 2 aromatic rings. The number of carbonyl (C=O) groups is 1. The summed E-state index contributed by atoms with van der Waals surface area (Å²) in [6.07, 6.45) is 0. The fraction of sp³-hybridized carbons (Fsp3) is 0.333. The second-order valence-electron chi connectivity index (χ2n) is 5.81. The summed E-state index contributed by atoms with van der Waals surface area (Å²) in [6.45, 7) is 9.54.